The Balaban J connectivity index is 2.19. The Bertz CT molecular complexity index is 585. The summed E-state index contributed by atoms with van der Waals surface area (Å²) in [6.45, 7) is 5.56. The zero-order valence-corrected chi connectivity index (χ0v) is 17.8. The first-order valence-corrected chi connectivity index (χ1v) is 10.3. The number of nitrogens with one attached hydrogen (secondary N) is 2. The van der Waals surface area contributed by atoms with Crippen molar-refractivity contribution < 1.29 is 9.53 Å². The molecule has 0 spiro atoms. The maximum Gasteiger partial charge on any atom is 0.226 e. The lowest BCUT2D eigenvalue weighted by Crippen LogP contribution is -2.41. The highest BCUT2D eigenvalue weighted by Gasteiger charge is 2.09. The summed E-state index contributed by atoms with van der Waals surface area (Å²) in [7, 11) is 0. The van der Waals surface area contributed by atoms with Crippen molar-refractivity contribution >= 4 is 46.4 Å². The first-order valence-electron chi connectivity index (χ1n) is 9.11. The molecule has 1 aromatic rings. The number of carbonyl (C=O) groups is 1. The van der Waals surface area contributed by atoms with Crippen LogP contribution in [0.25, 0.3) is 0 Å². The highest BCUT2D eigenvalue weighted by atomic mass is 35.5. The molecule has 0 aromatic heterocycles. The predicted octanol–water partition coefficient (Wildman–Crippen LogP) is 5.36. The Labute approximate surface area is 172 Å². The Morgan fingerprint density at radius 1 is 1.27 bits per heavy atom. The van der Waals surface area contributed by atoms with Crippen molar-refractivity contribution in [1.82, 2.24) is 10.6 Å². The third-order valence-electron chi connectivity index (χ3n) is 4.05. The summed E-state index contributed by atoms with van der Waals surface area (Å²) >= 11 is 17.1. The molecule has 0 saturated heterocycles. The van der Waals surface area contributed by atoms with E-state index in [9.17, 15) is 4.79 Å². The smallest absolute Gasteiger partial charge is 0.226 e. The van der Waals surface area contributed by atoms with Crippen molar-refractivity contribution in [1.29, 1.82) is 0 Å². The monoisotopic (exact) mass is 418 g/mol. The van der Waals surface area contributed by atoms with Gasteiger partial charge in [0, 0.05) is 18.0 Å². The van der Waals surface area contributed by atoms with Gasteiger partial charge in [-0.2, -0.15) is 0 Å². The first-order chi connectivity index (χ1) is 12.5. The number of hydrogen-bond acceptors (Lipinski definition) is 3. The van der Waals surface area contributed by atoms with Crippen molar-refractivity contribution in [2.45, 2.75) is 52.4 Å². The van der Waals surface area contributed by atoms with Gasteiger partial charge in [0.25, 0.3) is 0 Å². The van der Waals surface area contributed by atoms with E-state index >= 15 is 0 Å². The fraction of sp³-hybridized carbons (Fsp3) is 0.579. The van der Waals surface area contributed by atoms with E-state index in [1.54, 1.807) is 18.2 Å². The van der Waals surface area contributed by atoms with Gasteiger partial charge in [-0.3, -0.25) is 4.79 Å². The van der Waals surface area contributed by atoms with E-state index in [-0.39, 0.29) is 5.91 Å². The van der Waals surface area contributed by atoms with Gasteiger partial charge in [0.05, 0.1) is 11.6 Å². The predicted molar refractivity (Wildman–Crippen MR) is 113 cm³/mol. The van der Waals surface area contributed by atoms with E-state index in [1.165, 1.54) is 19.3 Å². The zero-order valence-electron chi connectivity index (χ0n) is 15.4. The largest absolute Gasteiger partial charge is 0.492 e. The van der Waals surface area contributed by atoms with Crippen molar-refractivity contribution in [2.24, 2.45) is 5.92 Å². The lowest BCUT2D eigenvalue weighted by molar-refractivity contribution is -0.119. The average molecular weight is 419 g/mol. The molecule has 0 aliphatic carbocycles. The number of thiocarbonyl (C=S) groups is 1. The summed E-state index contributed by atoms with van der Waals surface area (Å²) in [5.74, 6) is 1.03. The van der Waals surface area contributed by atoms with Crippen LogP contribution in [0.2, 0.25) is 10.0 Å². The molecule has 1 aromatic carbocycles. The van der Waals surface area contributed by atoms with Gasteiger partial charge in [-0.05, 0) is 49.2 Å². The second-order valence-electron chi connectivity index (χ2n) is 6.20. The minimum absolute atomic E-state index is 0.116. The zero-order chi connectivity index (χ0) is 19.4. The van der Waals surface area contributed by atoms with Gasteiger partial charge in [-0.25, -0.2) is 0 Å². The van der Waals surface area contributed by atoms with Gasteiger partial charge in [0.15, 0.2) is 5.11 Å². The number of ether oxygens (including phenoxy) is 1. The molecule has 0 aliphatic heterocycles. The van der Waals surface area contributed by atoms with Crippen molar-refractivity contribution in [3.63, 3.8) is 0 Å². The average Bonchev–Trinajstić information content (AvgIpc) is 2.60. The molecule has 1 rings (SSSR count). The number of carbonyl (C=O) groups excluding carboxylic acids is 1. The molecule has 4 nitrogen and oxygen atoms in total. The highest BCUT2D eigenvalue weighted by Crippen LogP contribution is 2.27. The highest BCUT2D eigenvalue weighted by molar-refractivity contribution is 7.80. The summed E-state index contributed by atoms with van der Waals surface area (Å²) in [6.07, 6.45) is 5.61. The number of amides is 1. The van der Waals surface area contributed by atoms with E-state index < -0.39 is 0 Å². The molecular formula is C19H28Cl2N2O2S. The van der Waals surface area contributed by atoms with E-state index in [2.05, 4.69) is 24.5 Å². The number of halogens is 2. The van der Waals surface area contributed by atoms with Gasteiger partial charge in [-0.1, -0.05) is 56.3 Å². The summed E-state index contributed by atoms with van der Waals surface area (Å²) in [6, 6.07) is 5.05. The van der Waals surface area contributed by atoms with Crippen LogP contribution in [-0.2, 0) is 4.79 Å². The van der Waals surface area contributed by atoms with Crippen LogP contribution < -0.4 is 15.4 Å². The number of benzene rings is 1. The molecule has 1 amide bonds. The molecule has 0 fully saturated rings. The van der Waals surface area contributed by atoms with Crippen molar-refractivity contribution in [3.05, 3.63) is 28.2 Å². The molecule has 2 N–H and O–H groups in total. The number of rotatable bonds is 11. The molecule has 26 heavy (non-hydrogen) atoms. The SMILES string of the molecule is CCCCC(CC)CNC(=S)NC(=O)CCCOc1ccc(Cl)cc1Cl. The molecule has 0 aliphatic rings. The summed E-state index contributed by atoms with van der Waals surface area (Å²) < 4.78 is 5.56. The second kappa shape index (κ2) is 13.2. The number of hydrogen-bond donors (Lipinski definition) is 2. The third-order valence-corrected chi connectivity index (χ3v) is 4.82. The molecule has 0 heterocycles. The van der Waals surface area contributed by atoms with Crippen LogP contribution in [-0.4, -0.2) is 24.2 Å². The Kier molecular flexibility index (Phi) is 11.7. The van der Waals surface area contributed by atoms with Gasteiger partial charge in [-0.15, -0.1) is 0 Å². The van der Waals surface area contributed by atoms with Gasteiger partial charge in [0.2, 0.25) is 5.91 Å². The maximum absolute atomic E-state index is 11.9. The third kappa shape index (κ3) is 9.60. The minimum Gasteiger partial charge on any atom is -0.492 e. The second-order valence-corrected chi connectivity index (χ2v) is 7.45. The van der Waals surface area contributed by atoms with E-state index in [4.69, 9.17) is 40.2 Å². The van der Waals surface area contributed by atoms with E-state index in [0.717, 1.165) is 13.0 Å². The topological polar surface area (TPSA) is 50.4 Å². The molecule has 0 saturated carbocycles. The molecule has 1 unspecified atom stereocenters. The summed E-state index contributed by atoms with van der Waals surface area (Å²) in [5.41, 5.74) is 0. The molecule has 7 heteroatoms. The van der Waals surface area contributed by atoms with Gasteiger partial charge >= 0.3 is 0 Å². The van der Waals surface area contributed by atoms with Crippen LogP contribution in [0.5, 0.6) is 5.75 Å². The van der Waals surface area contributed by atoms with Crippen LogP contribution in [0.4, 0.5) is 0 Å². The fourth-order valence-corrected chi connectivity index (χ4v) is 3.08. The van der Waals surface area contributed by atoms with E-state index in [1.807, 2.05) is 0 Å². The fourth-order valence-electron chi connectivity index (χ4n) is 2.42. The van der Waals surface area contributed by atoms with Gasteiger partial charge < -0.3 is 15.4 Å². The number of unbranched alkanes of at least 4 members (excludes halogenated alkanes) is 1. The van der Waals surface area contributed by atoms with Crippen LogP contribution >= 0.6 is 35.4 Å². The standard InChI is InChI=1S/C19H28Cl2N2O2S/c1-3-5-7-14(4-2)13-22-19(26)23-18(24)8-6-11-25-17-10-9-15(20)12-16(17)21/h9-10,12,14H,3-8,11,13H2,1-2H3,(H2,22,23,24,26). The normalized spacial score (nSPS) is 11.7. The van der Waals surface area contributed by atoms with Crippen LogP contribution in [0.3, 0.4) is 0 Å². The van der Waals surface area contributed by atoms with Gasteiger partial charge in [0.1, 0.15) is 5.75 Å². The van der Waals surface area contributed by atoms with Crippen LogP contribution in [0.15, 0.2) is 18.2 Å². The summed E-state index contributed by atoms with van der Waals surface area (Å²) in [5, 5.41) is 7.27. The molecule has 0 bridgehead atoms. The Morgan fingerprint density at radius 3 is 2.69 bits per heavy atom. The quantitative estimate of drug-likeness (QED) is 0.375. The lowest BCUT2D eigenvalue weighted by Gasteiger charge is -2.16. The van der Waals surface area contributed by atoms with Crippen LogP contribution in [0, 0.1) is 5.92 Å². The molecule has 146 valence electrons. The minimum atomic E-state index is -0.116. The lowest BCUT2D eigenvalue weighted by atomic mass is 9.99. The Morgan fingerprint density at radius 2 is 2.04 bits per heavy atom. The Hall–Kier alpha value is -1.04. The molecule has 1 atom stereocenters. The van der Waals surface area contributed by atoms with E-state index in [0.29, 0.717) is 46.3 Å². The maximum atomic E-state index is 11.9. The van der Waals surface area contributed by atoms with Crippen molar-refractivity contribution in [2.75, 3.05) is 13.2 Å². The summed E-state index contributed by atoms with van der Waals surface area (Å²) in [4.78, 5) is 11.9. The molecule has 0 radical (unpaired) electrons. The molecular weight excluding hydrogens is 391 g/mol. The van der Waals surface area contributed by atoms with Crippen molar-refractivity contribution in [3.8, 4) is 5.75 Å². The van der Waals surface area contributed by atoms with Crippen LogP contribution in [0.1, 0.15) is 52.4 Å². The first kappa shape index (κ1) is 23.0.